The molecule has 0 bridgehead atoms. The molecule has 1 aromatic heterocycles. The van der Waals surface area contributed by atoms with Gasteiger partial charge < -0.3 is 20.7 Å². The number of hydrogen-bond acceptors (Lipinski definition) is 3. The van der Waals surface area contributed by atoms with Crippen LogP contribution in [-0.2, 0) is 4.79 Å². The number of nitrogens with one attached hydrogen (secondary N) is 3. The van der Waals surface area contributed by atoms with Crippen molar-refractivity contribution in [2.45, 2.75) is 38.6 Å². The van der Waals surface area contributed by atoms with Crippen LogP contribution in [0.4, 0.5) is 4.79 Å². The topological polar surface area (TPSA) is 107 Å². The zero-order valence-corrected chi connectivity index (χ0v) is 11.5. The standard InChI is InChI=1S/C13H20N4O3/c1-2-9(10-14-6-7-15-10)17-12(20)16-8-13(11(18)19)4-3-5-13/h6-7,9H,2-5,8H2,1H3,(H,14,15)(H,18,19)(H2,16,17,20). The van der Waals surface area contributed by atoms with Crippen LogP contribution in [0, 0.1) is 5.41 Å². The molecule has 2 amide bonds. The highest BCUT2D eigenvalue weighted by molar-refractivity contribution is 5.79. The number of nitrogens with zero attached hydrogens (tertiary/aromatic N) is 1. The first-order valence-electron chi connectivity index (χ1n) is 6.84. The maximum atomic E-state index is 11.9. The lowest BCUT2D eigenvalue weighted by Gasteiger charge is -2.37. The second-order valence-electron chi connectivity index (χ2n) is 5.20. The number of urea groups is 1. The Morgan fingerprint density at radius 3 is 2.75 bits per heavy atom. The molecule has 0 radical (unpaired) electrons. The van der Waals surface area contributed by atoms with Crippen molar-refractivity contribution in [3.05, 3.63) is 18.2 Å². The van der Waals surface area contributed by atoms with Gasteiger partial charge >= 0.3 is 12.0 Å². The van der Waals surface area contributed by atoms with Crippen LogP contribution < -0.4 is 10.6 Å². The van der Waals surface area contributed by atoms with Crippen LogP contribution in [0.3, 0.4) is 0 Å². The van der Waals surface area contributed by atoms with Crippen LogP contribution in [0.15, 0.2) is 12.4 Å². The van der Waals surface area contributed by atoms with Gasteiger partial charge in [-0.1, -0.05) is 13.3 Å². The van der Waals surface area contributed by atoms with Crippen molar-refractivity contribution >= 4 is 12.0 Å². The van der Waals surface area contributed by atoms with Gasteiger partial charge in [0, 0.05) is 18.9 Å². The molecule has 0 saturated heterocycles. The molecule has 1 aromatic rings. The van der Waals surface area contributed by atoms with E-state index in [1.165, 1.54) is 0 Å². The van der Waals surface area contributed by atoms with Gasteiger partial charge in [-0.25, -0.2) is 9.78 Å². The van der Waals surface area contributed by atoms with E-state index < -0.39 is 11.4 Å². The van der Waals surface area contributed by atoms with Crippen molar-refractivity contribution in [3.8, 4) is 0 Å². The normalized spacial score (nSPS) is 17.9. The van der Waals surface area contributed by atoms with E-state index >= 15 is 0 Å². The van der Waals surface area contributed by atoms with E-state index in [0.717, 1.165) is 6.42 Å². The Balaban J connectivity index is 1.84. The summed E-state index contributed by atoms with van der Waals surface area (Å²) < 4.78 is 0. The number of carbonyl (C=O) groups excluding carboxylic acids is 1. The van der Waals surface area contributed by atoms with Crippen LogP contribution in [-0.4, -0.2) is 33.6 Å². The third-order valence-electron chi connectivity index (χ3n) is 3.91. The minimum absolute atomic E-state index is 0.169. The number of amides is 2. The van der Waals surface area contributed by atoms with E-state index in [1.807, 2.05) is 6.92 Å². The molecule has 1 fully saturated rings. The molecule has 110 valence electrons. The smallest absolute Gasteiger partial charge is 0.315 e. The first kappa shape index (κ1) is 14.4. The Hall–Kier alpha value is -2.05. The molecule has 1 saturated carbocycles. The summed E-state index contributed by atoms with van der Waals surface area (Å²) in [6.45, 7) is 2.11. The van der Waals surface area contributed by atoms with Gasteiger partial charge in [0.15, 0.2) is 0 Å². The Morgan fingerprint density at radius 2 is 2.30 bits per heavy atom. The Kier molecular flexibility index (Phi) is 4.26. The number of aromatic nitrogens is 2. The second kappa shape index (κ2) is 5.94. The summed E-state index contributed by atoms with van der Waals surface area (Å²) in [5.41, 5.74) is -0.774. The quantitative estimate of drug-likeness (QED) is 0.632. The number of imidazole rings is 1. The monoisotopic (exact) mass is 280 g/mol. The molecule has 1 aliphatic carbocycles. The molecular formula is C13H20N4O3. The maximum Gasteiger partial charge on any atom is 0.315 e. The van der Waals surface area contributed by atoms with Crippen molar-refractivity contribution in [1.29, 1.82) is 0 Å². The highest BCUT2D eigenvalue weighted by Crippen LogP contribution is 2.40. The molecule has 1 unspecified atom stereocenters. The third kappa shape index (κ3) is 2.92. The number of rotatable bonds is 6. The molecule has 4 N–H and O–H groups in total. The summed E-state index contributed by atoms with van der Waals surface area (Å²) in [7, 11) is 0. The molecule has 0 spiro atoms. The number of H-pyrrole nitrogens is 1. The minimum Gasteiger partial charge on any atom is -0.481 e. The summed E-state index contributed by atoms with van der Waals surface area (Å²) in [6.07, 6.45) is 6.18. The molecule has 1 atom stereocenters. The fraction of sp³-hybridized carbons (Fsp3) is 0.615. The first-order chi connectivity index (χ1) is 9.57. The van der Waals surface area contributed by atoms with Gasteiger partial charge in [0.2, 0.25) is 0 Å². The van der Waals surface area contributed by atoms with Crippen LogP contribution in [0.25, 0.3) is 0 Å². The van der Waals surface area contributed by atoms with Crippen LogP contribution >= 0.6 is 0 Å². The second-order valence-corrected chi connectivity index (χ2v) is 5.20. The van der Waals surface area contributed by atoms with Gasteiger partial charge in [-0.3, -0.25) is 4.79 Å². The number of hydrogen-bond donors (Lipinski definition) is 4. The molecule has 0 aromatic carbocycles. The fourth-order valence-electron chi connectivity index (χ4n) is 2.36. The van der Waals surface area contributed by atoms with Gasteiger partial charge in [-0.15, -0.1) is 0 Å². The average Bonchev–Trinajstić information content (AvgIpc) is 2.87. The third-order valence-corrected chi connectivity index (χ3v) is 3.91. The van der Waals surface area contributed by atoms with Gasteiger partial charge in [0.25, 0.3) is 0 Å². The number of carboxylic acids is 1. The van der Waals surface area contributed by atoms with Crippen LogP contribution in [0.2, 0.25) is 0 Å². The summed E-state index contributed by atoms with van der Waals surface area (Å²) >= 11 is 0. The Bertz CT molecular complexity index is 468. The van der Waals surface area contributed by atoms with Crippen LogP contribution in [0.1, 0.15) is 44.5 Å². The van der Waals surface area contributed by atoms with E-state index in [2.05, 4.69) is 20.6 Å². The van der Waals surface area contributed by atoms with E-state index in [-0.39, 0.29) is 18.6 Å². The zero-order chi connectivity index (χ0) is 14.6. The average molecular weight is 280 g/mol. The van der Waals surface area contributed by atoms with E-state index in [0.29, 0.717) is 25.1 Å². The molecule has 20 heavy (non-hydrogen) atoms. The SMILES string of the molecule is CCC(NC(=O)NCC1(C(=O)O)CCC1)c1ncc[nH]1. The lowest BCUT2D eigenvalue weighted by atomic mass is 9.69. The lowest BCUT2D eigenvalue weighted by molar-refractivity contribution is -0.153. The molecule has 2 rings (SSSR count). The fourth-order valence-corrected chi connectivity index (χ4v) is 2.36. The van der Waals surface area contributed by atoms with Gasteiger partial charge in [-0.05, 0) is 19.3 Å². The van der Waals surface area contributed by atoms with E-state index in [9.17, 15) is 14.7 Å². The molecule has 0 aliphatic heterocycles. The summed E-state index contributed by atoms with van der Waals surface area (Å²) in [5.74, 6) is -0.138. The van der Waals surface area contributed by atoms with Gasteiger partial charge in [0.1, 0.15) is 5.82 Å². The molecule has 7 heteroatoms. The minimum atomic E-state index is -0.831. The number of aromatic amines is 1. The number of carboxylic acid groups (broad SMARTS) is 1. The largest absolute Gasteiger partial charge is 0.481 e. The van der Waals surface area contributed by atoms with E-state index in [4.69, 9.17) is 0 Å². The van der Waals surface area contributed by atoms with Crippen molar-refractivity contribution in [3.63, 3.8) is 0 Å². The molecule has 7 nitrogen and oxygen atoms in total. The van der Waals surface area contributed by atoms with Crippen molar-refractivity contribution < 1.29 is 14.7 Å². The van der Waals surface area contributed by atoms with Crippen molar-refractivity contribution in [1.82, 2.24) is 20.6 Å². The summed E-state index contributed by atoms with van der Waals surface area (Å²) in [5, 5.41) is 14.6. The Labute approximate surface area is 117 Å². The van der Waals surface area contributed by atoms with E-state index in [1.54, 1.807) is 12.4 Å². The highest BCUT2D eigenvalue weighted by atomic mass is 16.4. The predicted molar refractivity (Wildman–Crippen MR) is 72.1 cm³/mol. The molecule has 1 aliphatic rings. The molecule has 1 heterocycles. The van der Waals surface area contributed by atoms with Crippen LogP contribution in [0.5, 0.6) is 0 Å². The first-order valence-corrected chi connectivity index (χ1v) is 6.84. The maximum absolute atomic E-state index is 11.9. The number of carbonyl (C=O) groups is 2. The van der Waals surface area contributed by atoms with Crippen molar-refractivity contribution in [2.75, 3.05) is 6.54 Å². The summed E-state index contributed by atoms with van der Waals surface area (Å²) in [4.78, 5) is 30.1. The predicted octanol–water partition coefficient (Wildman–Crippen LogP) is 1.41. The molecular weight excluding hydrogens is 260 g/mol. The highest BCUT2D eigenvalue weighted by Gasteiger charge is 2.44. The Morgan fingerprint density at radius 1 is 1.55 bits per heavy atom. The van der Waals surface area contributed by atoms with Crippen molar-refractivity contribution in [2.24, 2.45) is 5.41 Å². The zero-order valence-electron chi connectivity index (χ0n) is 11.5. The van der Waals surface area contributed by atoms with Gasteiger partial charge in [-0.2, -0.15) is 0 Å². The lowest BCUT2D eigenvalue weighted by Crippen LogP contribution is -2.50. The summed E-state index contributed by atoms with van der Waals surface area (Å²) in [6, 6.07) is -0.562. The van der Waals surface area contributed by atoms with Gasteiger partial charge in [0.05, 0.1) is 11.5 Å². The number of aliphatic carboxylic acids is 1.